The van der Waals surface area contributed by atoms with Crippen LogP contribution in [0.5, 0.6) is 0 Å². The van der Waals surface area contributed by atoms with Crippen LogP contribution in [0.2, 0.25) is 0 Å². The standard InChI is InChI=1S/C15H22N4O/c1-5-13(17-6-2)11(4)15-18-14(19-20-15)12-7-8-16-9-10(12)3/h7-9,11,13,17H,5-6H2,1-4H3. The van der Waals surface area contributed by atoms with E-state index in [1.807, 2.05) is 19.2 Å². The van der Waals surface area contributed by atoms with Gasteiger partial charge in [-0.3, -0.25) is 4.98 Å². The number of rotatable bonds is 6. The normalized spacial score (nSPS) is 14.2. The average molecular weight is 274 g/mol. The van der Waals surface area contributed by atoms with Gasteiger partial charge in [0.05, 0.1) is 5.92 Å². The Morgan fingerprint density at radius 3 is 2.80 bits per heavy atom. The van der Waals surface area contributed by atoms with E-state index in [0.29, 0.717) is 17.8 Å². The van der Waals surface area contributed by atoms with Crippen molar-refractivity contribution in [1.29, 1.82) is 0 Å². The number of hydrogen-bond donors (Lipinski definition) is 1. The Kier molecular flexibility index (Phi) is 4.84. The van der Waals surface area contributed by atoms with Crippen molar-refractivity contribution in [1.82, 2.24) is 20.4 Å². The van der Waals surface area contributed by atoms with Gasteiger partial charge in [-0.25, -0.2) is 0 Å². The van der Waals surface area contributed by atoms with Crippen molar-refractivity contribution in [3.63, 3.8) is 0 Å². The number of pyridine rings is 1. The van der Waals surface area contributed by atoms with Gasteiger partial charge in [-0.05, 0) is 31.5 Å². The predicted octanol–water partition coefficient (Wildman–Crippen LogP) is 2.93. The van der Waals surface area contributed by atoms with Gasteiger partial charge in [0.25, 0.3) is 0 Å². The minimum Gasteiger partial charge on any atom is -0.339 e. The molecule has 0 aliphatic heterocycles. The highest BCUT2D eigenvalue weighted by Gasteiger charge is 2.22. The first kappa shape index (κ1) is 14.7. The van der Waals surface area contributed by atoms with E-state index in [-0.39, 0.29) is 5.92 Å². The minimum atomic E-state index is 0.198. The van der Waals surface area contributed by atoms with Crippen LogP contribution in [0.1, 0.15) is 44.6 Å². The maximum atomic E-state index is 5.44. The molecule has 20 heavy (non-hydrogen) atoms. The van der Waals surface area contributed by atoms with Gasteiger partial charge < -0.3 is 9.84 Å². The van der Waals surface area contributed by atoms with Gasteiger partial charge in [0.15, 0.2) is 0 Å². The Bertz CT molecular complexity index is 552. The maximum absolute atomic E-state index is 5.44. The van der Waals surface area contributed by atoms with Crippen LogP contribution < -0.4 is 5.32 Å². The number of likely N-dealkylation sites (N-methyl/N-ethyl adjacent to an activating group) is 1. The summed E-state index contributed by atoms with van der Waals surface area (Å²) in [4.78, 5) is 8.63. The van der Waals surface area contributed by atoms with Gasteiger partial charge >= 0.3 is 0 Å². The Morgan fingerprint density at radius 2 is 2.15 bits per heavy atom. The van der Waals surface area contributed by atoms with Crippen molar-refractivity contribution in [2.75, 3.05) is 6.54 Å². The molecule has 0 spiro atoms. The highest BCUT2D eigenvalue weighted by Crippen LogP contribution is 2.24. The molecule has 108 valence electrons. The van der Waals surface area contributed by atoms with Crippen molar-refractivity contribution in [3.05, 3.63) is 29.9 Å². The molecule has 5 heteroatoms. The van der Waals surface area contributed by atoms with Crippen molar-refractivity contribution < 1.29 is 4.52 Å². The van der Waals surface area contributed by atoms with Gasteiger partial charge in [0.2, 0.25) is 11.7 Å². The quantitative estimate of drug-likeness (QED) is 0.877. The molecule has 2 heterocycles. The van der Waals surface area contributed by atoms with Crippen LogP contribution in [0.4, 0.5) is 0 Å². The number of nitrogens with zero attached hydrogens (tertiary/aromatic N) is 3. The predicted molar refractivity (Wildman–Crippen MR) is 78.4 cm³/mol. The van der Waals surface area contributed by atoms with Gasteiger partial charge in [0, 0.05) is 24.0 Å². The van der Waals surface area contributed by atoms with E-state index in [1.54, 1.807) is 6.20 Å². The minimum absolute atomic E-state index is 0.198. The summed E-state index contributed by atoms with van der Waals surface area (Å²) in [5, 5.41) is 7.56. The second-order valence-electron chi connectivity index (χ2n) is 5.01. The van der Waals surface area contributed by atoms with E-state index < -0.39 is 0 Å². The Morgan fingerprint density at radius 1 is 1.35 bits per heavy atom. The molecule has 2 aromatic rings. The highest BCUT2D eigenvalue weighted by atomic mass is 16.5. The molecule has 2 unspecified atom stereocenters. The largest absolute Gasteiger partial charge is 0.339 e. The van der Waals surface area contributed by atoms with E-state index in [9.17, 15) is 0 Å². The number of hydrogen-bond acceptors (Lipinski definition) is 5. The van der Waals surface area contributed by atoms with E-state index in [1.165, 1.54) is 0 Å². The molecular weight excluding hydrogens is 252 g/mol. The lowest BCUT2D eigenvalue weighted by Gasteiger charge is -2.20. The number of nitrogens with one attached hydrogen (secondary N) is 1. The van der Waals surface area contributed by atoms with Crippen molar-refractivity contribution >= 4 is 0 Å². The molecule has 5 nitrogen and oxygen atoms in total. The average Bonchev–Trinajstić information content (AvgIpc) is 2.94. The fourth-order valence-corrected chi connectivity index (χ4v) is 2.36. The Hall–Kier alpha value is -1.75. The lowest BCUT2D eigenvalue weighted by Crippen LogP contribution is -2.33. The van der Waals surface area contributed by atoms with Gasteiger partial charge in [-0.15, -0.1) is 0 Å². The molecule has 0 aromatic carbocycles. The molecule has 1 N–H and O–H groups in total. The van der Waals surface area contributed by atoms with Crippen LogP contribution in [0, 0.1) is 6.92 Å². The first-order chi connectivity index (χ1) is 9.67. The Labute approximate surface area is 119 Å². The monoisotopic (exact) mass is 274 g/mol. The summed E-state index contributed by atoms with van der Waals surface area (Å²) in [6.45, 7) is 9.32. The third kappa shape index (κ3) is 3.04. The molecule has 0 saturated heterocycles. The van der Waals surface area contributed by atoms with Crippen molar-refractivity contribution in [2.24, 2.45) is 0 Å². The molecule has 0 aliphatic carbocycles. The van der Waals surface area contributed by atoms with Crippen LogP contribution >= 0.6 is 0 Å². The molecule has 2 aromatic heterocycles. The lowest BCUT2D eigenvalue weighted by molar-refractivity contribution is 0.321. The smallest absolute Gasteiger partial charge is 0.231 e. The van der Waals surface area contributed by atoms with Crippen LogP contribution in [0.3, 0.4) is 0 Å². The summed E-state index contributed by atoms with van der Waals surface area (Å²) in [6, 6.07) is 2.27. The third-order valence-electron chi connectivity index (χ3n) is 3.60. The highest BCUT2D eigenvalue weighted by molar-refractivity contribution is 5.57. The number of aryl methyl sites for hydroxylation is 1. The van der Waals surface area contributed by atoms with E-state index >= 15 is 0 Å². The summed E-state index contributed by atoms with van der Waals surface area (Å²) in [7, 11) is 0. The topological polar surface area (TPSA) is 63.8 Å². The zero-order valence-corrected chi connectivity index (χ0v) is 12.6. The van der Waals surface area contributed by atoms with Gasteiger partial charge in [-0.2, -0.15) is 4.98 Å². The zero-order valence-electron chi connectivity index (χ0n) is 12.6. The van der Waals surface area contributed by atoms with Gasteiger partial charge in [-0.1, -0.05) is 25.9 Å². The zero-order chi connectivity index (χ0) is 14.5. The Balaban J connectivity index is 2.22. The fraction of sp³-hybridized carbons (Fsp3) is 0.533. The molecule has 0 radical (unpaired) electrons. The maximum Gasteiger partial charge on any atom is 0.231 e. The summed E-state index contributed by atoms with van der Waals surface area (Å²) in [5.41, 5.74) is 2.02. The van der Waals surface area contributed by atoms with Crippen LogP contribution in [0.15, 0.2) is 23.0 Å². The summed E-state index contributed by atoms with van der Waals surface area (Å²) in [6.07, 6.45) is 4.58. The molecule has 2 rings (SSSR count). The van der Waals surface area contributed by atoms with E-state index in [4.69, 9.17) is 4.52 Å². The van der Waals surface area contributed by atoms with Crippen molar-refractivity contribution in [2.45, 2.75) is 46.1 Å². The second kappa shape index (κ2) is 6.61. The molecule has 0 aliphatic rings. The SMILES string of the molecule is CCNC(CC)C(C)c1nc(-c2ccncc2C)no1. The molecular formula is C15H22N4O. The lowest BCUT2D eigenvalue weighted by atomic mass is 9.99. The summed E-state index contributed by atoms with van der Waals surface area (Å²) in [5.74, 6) is 1.52. The van der Waals surface area contributed by atoms with E-state index in [2.05, 4.69) is 41.2 Å². The van der Waals surface area contributed by atoms with Gasteiger partial charge in [0.1, 0.15) is 0 Å². The third-order valence-corrected chi connectivity index (χ3v) is 3.60. The van der Waals surface area contributed by atoms with Crippen LogP contribution in [-0.2, 0) is 0 Å². The first-order valence-corrected chi connectivity index (χ1v) is 7.15. The van der Waals surface area contributed by atoms with Crippen LogP contribution in [-0.4, -0.2) is 27.7 Å². The van der Waals surface area contributed by atoms with E-state index in [0.717, 1.165) is 24.1 Å². The number of aromatic nitrogens is 3. The van der Waals surface area contributed by atoms with Crippen molar-refractivity contribution in [3.8, 4) is 11.4 Å². The second-order valence-corrected chi connectivity index (χ2v) is 5.01. The molecule has 0 saturated carbocycles. The summed E-state index contributed by atoms with van der Waals surface area (Å²) < 4.78 is 5.44. The first-order valence-electron chi connectivity index (χ1n) is 7.15. The molecule has 2 atom stereocenters. The molecule has 0 bridgehead atoms. The molecule has 0 fully saturated rings. The molecule has 0 amide bonds. The fourth-order valence-electron chi connectivity index (χ4n) is 2.36. The summed E-state index contributed by atoms with van der Waals surface area (Å²) >= 11 is 0. The van der Waals surface area contributed by atoms with Crippen LogP contribution in [0.25, 0.3) is 11.4 Å².